The Morgan fingerprint density at radius 3 is 2.83 bits per heavy atom. The number of rotatable bonds is 7. The topological polar surface area (TPSA) is 94.3 Å². The van der Waals surface area contributed by atoms with Crippen LogP contribution in [0.2, 0.25) is 5.15 Å². The molecule has 1 heterocycles. The number of nitrogens with two attached hydrogens (primary N) is 1. The maximum atomic E-state index is 11.8. The average molecular weight is 348 g/mol. The highest BCUT2D eigenvalue weighted by molar-refractivity contribution is 6.29. The van der Waals surface area contributed by atoms with E-state index in [0.717, 1.165) is 5.56 Å². The van der Waals surface area contributed by atoms with Gasteiger partial charge in [0, 0.05) is 24.0 Å². The Labute approximate surface area is 145 Å². The maximum Gasteiger partial charge on any atom is 0.338 e. The number of anilines is 1. The number of nitrogens with one attached hydrogen (secondary N) is 1. The number of benzene rings is 1. The van der Waals surface area contributed by atoms with E-state index < -0.39 is 5.91 Å². The number of halogens is 1. The van der Waals surface area contributed by atoms with E-state index >= 15 is 0 Å². The summed E-state index contributed by atoms with van der Waals surface area (Å²) in [5, 5.41) is 3.50. The summed E-state index contributed by atoms with van der Waals surface area (Å²) >= 11 is 5.91. The van der Waals surface area contributed by atoms with Gasteiger partial charge in [-0.25, -0.2) is 9.78 Å². The number of ether oxygens (including phenoxy) is 1. The van der Waals surface area contributed by atoms with Crippen LogP contribution in [0, 0.1) is 0 Å². The fraction of sp³-hybridized carbons (Fsp3) is 0.235. The third-order valence-corrected chi connectivity index (χ3v) is 3.45. The molecular weight excluding hydrogens is 330 g/mol. The molecule has 0 atom stereocenters. The lowest BCUT2D eigenvalue weighted by Crippen LogP contribution is -2.15. The molecule has 1 aromatic heterocycles. The highest BCUT2D eigenvalue weighted by Crippen LogP contribution is 2.20. The van der Waals surface area contributed by atoms with E-state index in [1.807, 2.05) is 6.07 Å². The van der Waals surface area contributed by atoms with Crippen LogP contribution in [-0.4, -0.2) is 23.5 Å². The second-order valence-electron chi connectivity index (χ2n) is 5.08. The molecule has 1 amide bonds. The number of primary amides is 1. The van der Waals surface area contributed by atoms with Gasteiger partial charge in [0.2, 0.25) is 5.91 Å². The van der Waals surface area contributed by atoms with Gasteiger partial charge in [0.25, 0.3) is 0 Å². The van der Waals surface area contributed by atoms with E-state index in [1.165, 1.54) is 6.20 Å². The molecule has 0 aliphatic heterocycles. The van der Waals surface area contributed by atoms with Gasteiger partial charge in [0.15, 0.2) is 0 Å². The predicted molar refractivity (Wildman–Crippen MR) is 91.9 cm³/mol. The Hall–Kier alpha value is -2.60. The smallest absolute Gasteiger partial charge is 0.338 e. The van der Waals surface area contributed by atoms with Crippen molar-refractivity contribution in [3.63, 3.8) is 0 Å². The van der Waals surface area contributed by atoms with Gasteiger partial charge in [-0.05, 0) is 30.7 Å². The molecule has 0 aliphatic carbocycles. The second kappa shape index (κ2) is 8.31. The Morgan fingerprint density at radius 2 is 2.12 bits per heavy atom. The van der Waals surface area contributed by atoms with Crippen LogP contribution in [0.4, 0.5) is 5.69 Å². The number of nitrogens with zero attached hydrogens (tertiary/aromatic N) is 1. The molecule has 0 unspecified atom stereocenters. The van der Waals surface area contributed by atoms with Gasteiger partial charge < -0.3 is 15.8 Å². The number of carbonyl (C=O) groups is 2. The normalized spacial score (nSPS) is 10.2. The van der Waals surface area contributed by atoms with Crippen LogP contribution in [0.3, 0.4) is 0 Å². The van der Waals surface area contributed by atoms with E-state index in [4.69, 9.17) is 22.1 Å². The molecule has 0 spiro atoms. The number of amides is 1. The summed E-state index contributed by atoms with van der Waals surface area (Å²) in [6.45, 7) is 2.53. The Bertz CT molecular complexity index is 750. The van der Waals surface area contributed by atoms with Crippen molar-refractivity contribution in [3.8, 4) is 0 Å². The average Bonchev–Trinajstić information content (AvgIpc) is 2.55. The quantitative estimate of drug-likeness (QED) is 0.593. The van der Waals surface area contributed by atoms with Crippen LogP contribution in [-0.2, 0) is 22.5 Å². The number of hydrogen-bond acceptors (Lipinski definition) is 5. The van der Waals surface area contributed by atoms with E-state index in [1.54, 1.807) is 31.2 Å². The molecule has 0 saturated heterocycles. The summed E-state index contributed by atoms with van der Waals surface area (Å²) in [4.78, 5) is 26.9. The summed E-state index contributed by atoms with van der Waals surface area (Å²) < 4.78 is 4.99. The Kier molecular flexibility index (Phi) is 6.14. The number of esters is 1. The zero-order valence-electron chi connectivity index (χ0n) is 13.2. The fourth-order valence-electron chi connectivity index (χ4n) is 2.17. The highest BCUT2D eigenvalue weighted by Gasteiger charge is 2.09. The molecule has 3 N–H and O–H groups in total. The first-order chi connectivity index (χ1) is 11.5. The molecule has 0 bridgehead atoms. The van der Waals surface area contributed by atoms with Crippen molar-refractivity contribution >= 4 is 29.2 Å². The minimum atomic E-state index is -0.452. The molecule has 0 aliphatic rings. The van der Waals surface area contributed by atoms with E-state index in [-0.39, 0.29) is 12.4 Å². The van der Waals surface area contributed by atoms with Crippen molar-refractivity contribution in [2.24, 2.45) is 5.73 Å². The van der Waals surface area contributed by atoms with E-state index in [9.17, 15) is 9.59 Å². The summed E-state index contributed by atoms with van der Waals surface area (Å²) in [5.41, 5.74) is 7.95. The lowest BCUT2D eigenvalue weighted by Gasteiger charge is -2.12. The van der Waals surface area contributed by atoms with Gasteiger partial charge >= 0.3 is 5.97 Å². The summed E-state index contributed by atoms with van der Waals surface area (Å²) in [6.07, 6.45) is 1.58. The molecule has 126 valence electrons. The highest BCUT2D eigenvalue weighted by atomic mass is 35.5. The van der Waals surface area contributed by atoms with Crippen LogP contribution in [0.1, 0.15) is 28.4 Å². The third-order valence-electron chi connectivity index (χ3n) is 3.24. The lowest BCUT2D eigenvalue weighted by atomic mass is 10.1. The zero-order chi connectivity index (χ0) is 17.5. The van der Waals surface area contributed by atoms with Crippen LogP contribution < -0.4 is 11.1 Å². The maximum absolute atomic E-state index is 11.8. The second-order valence-corrected chi connectivity index (χ2v) is 5.47. The van der Waals surface area contributed by atoms with E-state index in [2.05, 4.69) is 10.3 Å². The molecule has 24 heavy (non-hydrogen) atoms. The number of carbonyl (C=O) groups excluding carboxylic acids is 2. The van der Waals surface area contributed by atoms with Crippen LogP contribution >= 0.6 is 11.6 Å². The first-order valence-electron chi connectivity index (χ1n) is 7.42. The van der Waals surface area contributed by atoms with Crippen LogP contribution in [0.25, 0.3) is 0 Å². The van der Waals surface area contributed by atoms with Crippen molar-refractivity contribution < 1.29 is 14.3 Å². The molecule has 2 rings (SSSR count). The SMILES string of the molecule is CCOC(=O)c1cccc(CNc2cc(Cl)ncc2CC(N)=O)c1. The molecule has 0 radical (unpaired) electrons. The van der Waals surface area contributed by atoms with Crippen LogP contribution in [0.15, 0.2) is 36.5 Å². The van der Waals surface area contributed by atoms with Gasteiger partial charge in [0.1, 0.15) is 5.15 Å². The summed E-state index contributed by atoms with van der Waals surface area (Å²) in [5.74, 6) is -0.813. The third kappa shape index (κ3) is 4.96. The molecule has 2 aromatic rings. The van der Waals surface area contributed by atoms with Gasteiger partial charge in [0.05, 0.1) is 18.6 Å². The predicted octanol–water partition coefficient (Wildman–Crippen LogP) is 2.55. The van der Waals surface area contributed by atoms with Gasteiger partial charge in [-0.1, -0.05) is 23.7 Å². The summed E-state index contributed by atoms with van der Waals surface area (Å²) in [6, 6.07) is 8.75. The van der Waals surface area contributed by atoms with Gasteiger partial charge in [-0.3, -0.25) is 4.79 Å². The standard InChI is InChI=1S/C17H18ClN3O3/c1-2-24-17(23)12-5-3-4-11(6-12)9-20-14-8-15(18)21-10-13(14)7-16(19)22/h3-6,8,10H,2,7,9H2,1H3,(H2,19,22)(H,20,21). The van der Waals surface area contributed by atoms with E-state index in [0.29, 0.717) is 35.1 Å². The minimum absolute atomic E-state index is 0.0648. The fourth-order valence-corrected chi connectivity index (χ4v) is 2.33. The van der Waals surface area contributed by atoms with Crippen molar-refractivity contribution in [3.05, 3.63) is 58.4 Å². The zero-order valence-corrected chi connectivity index (χ0v) is 14.0. The molecule has 6 nitrogen and oxygen atoms in total. The van der Waals surface area contributed by atoms with Crippen molar-refractivity contribution in [1.29, 1.82) is 0 Å². The first kappa shape index (κ1) is 17.7. The molecule has 0 saturated carbocycles. The largest absolute Gasteiger partial charge is 0.462 e. The molecule has 1 aromatic carbocycles. The first-order valence-corrected chi connectivity index (χ1v) is 7.80. The Morgan fingerprint density at radius 1 is 1.33 bits per heavy atom. The Balaban J connectivity index is 2.13. The minimum Gasteiger partial charge on any atom is -0.462 e. The molecule has 7 heteroatoms. The monoisotopic (exact) mass is 347 g/mol. The van der Waals surface area contributed by atoms with Crippen LogP contribution in [0.5, 0.6) is 0 Å². The number of hydrogen-bond donors (Lipinski definition) is 2. The lowest BCUT2D eigenvalue weighted by molar-refractivity contribution is -0.117. The number of pyridine rings is 1. The molecule has 0 fully saturated rings. The summed E-state index contributed by atoms with van der Waals surface area (Å²) in [7, 11) is 0. The van der Waals surface area contributed by atoms with Crippen molar-refractivity contribution in [1.82, 2.24) is 4.98 Å². The van der Waals surface area contributed by atoms with Crippen molar-refractivity contribution in [2.75, 3.05) is 11.9 Å². The van der Waals surface area contributed by atoms with Crippen molar-refractivity contribution in [2.45, 2.75) is 19.9 Å². The van der Waals surface area contributed by atoms with Gasteiger partial charge in [-0.2, -0.15) is 0 Å². The molecular formula is C17H18ClN3O3. The number of aromatic nitrogens is 1. The van der Waals surface area contributed by atoms with Gasteiger partial charge in [-0.15, -0.1) is 0 Å².